The number of aromatic nitrogens is 1. The highest BCUT2D eigenvalue weighted by atomic mass is 14.7. The van der Waals surface area contributed by atoms with E-state index in [1.807, 2.05) is 12.3 Å². The van der Waals surface area contributed by atoms with Crippen LogP contribution in [0.2, 0.25) is 0 Å². The van der Waals surface area contributed by atoms with E-state index in [1.165, 1.54) is 22.4 Å². The molecule has 0 saturated carbocycles. The molecule has 0 bridgehead atoms. The van der Waals surface area contributed by atoms with Gasteiger partial charge in [-0.05, 0) is 30.5 Å². The number of benzene rings is 1. The van der Waals surface area contributed by atoms with E-state index in [0.717, 1.165) is 0 Å². The minimum absolute atomic E-state index is 0.536. The molecule has 1 aromatic carbocycles. The lowest BCUT2D eigenvalue weighted by atomic mass is 9.97. The molecule has 17 heavy (non-hydrogen) atoms. The van der Waals surface area contributed by atoms with E-state index in [9.17, 15) is 0 Å². The zero-order chi connectivity index (χ0) is 12.3. The Labute approximate surface area is 103 Å². The van der Waals surface area contributed by atoms with Gasteiger partial charge in [0.25, 0.3) is 0 Å². The molecule has 1 N–H and O–H groups in total. The molecule has 0 fully saturated rings. The van der Waals surface area contributed by atoms with Crippen LogP contribution < -0.4 is 0 Å². The van der Waals surface area contributed by atoms with Gasteiger partial charge in [-0.3, -0.25) is 0 Å². The predicted molar refractivity (Wildman–Crippen MR) is 73.9 cm³/mol. The fourth-order valence-corrected chi connectivity index (χ4v) is 1.99. The molecule has 0 saturated heterocycles. The summed E-state index contributed by atoms with van der Waals surface area (Å²) in [7, 11) is 0. The molecule has 0 atom stereocenters. The summed E-state index contributed by atoms with van der Waals surface area (Å²) in [5.41, 5.74) is 5.04. The van der Waals surface area contributed by atoms with Crippen LogP contribution in [0.5, 0.6) is 0 Å². The maximum atomic E-state index is 3.29. The Morgan fingerprint density at radius 2 is 2.00 bits per heavy atom. The molecule has 0 aliphatic heterocycles. The molecule has 0 spiro atoms. The van der Waals surface area contributed by atoms with Crippen LogP contribution in [0.15, 0.2) is 48.7 Å². The van der Waals surface area contributed by atoms with Gasteiger partial charge in [-0.2, -0.15) is 0 Å². The smallest absolute Gasteiger partial charge is 0.0456 e. The fraction of sp³-hybridized carbons (Fsp3) is 0.250. The molecular weight excluding hydrogens is 206 g/mol. The van der Waals surface area contributed by atoms with E-state index in [4.69, 9.17) is 0 Å². The first kappa shape index (κ1) is 11.7. The number of rotatable bonds is 3. The molecule has 2 aromatic rings. The van der Waals surface area contributed by atoms with Crippen molar-refractivity contribution in [3.8, 4) is 0 Å². The molecule has 1 heteroatoms. The predicted octanol–water partition coefficient (Wildman–Crippen LogP) is 4.41. The Kier molecular flexibility index (Phi) is 3.48. The van der Waals surface area contributed by atoms with Gasteiger partial charge < -0.3 is 4.98 Å². The summed E-state index contributed by atoms with van der Waals surface area (Å²) >= 11 is 0. The van der Waals surface area contributed by atoms with Crippen molar-refractivity contribution in [1.82, 2.24) is 4.98 Å². The van der Waals surface area contributed by atoms with E-state index in [1.54, 1.807) is 0 Å². The average Bonchev–Trinajstić information content (AvgIpc) is 2.79. The molecule has 2 rings (SSSR count). The van der Waals surface area contributed by atoms with Gasteiger partial charge in [-0.25, -0.2) is 0 Å². The van der Waals surface area contributed by atoms with Gasteiger partial charge in [0, 0.05) is 17.5 Å². The Hall–Kier alpha value is -1.76. The molecule has 0 unspecified atom stereocenters. The van der Waals surface area contributed by atoms with Gasteiger partial charge in [-0.1, -0.05) is 49.8 Å². The molecule has 0 aliphatic rings. The largest absolute Gasteiger partial charge is 0.361 e. The second-order valence-electron chi connectivity index (χ2n) is 4.78. The Morgan fingerprint density at radius 1 is 1.18 bits per heavy atom. The molecular formula is C16H19N. The molecule has 1 nitrogen and oxygen atoms in total. The maximum Gasteiger partial charge on any atom is 0.0456 e. The SMILES string of the molecule is Cc1cccc(C(=CC(C)C)c2ccc[nH]2)c1. The number of hydrogen-bond acceptors (Lipinski definition) is 0. The quantitative estimate of drug-likeness (QED) is 0.796. The van der Waals surface area contributed by atoms with Gasteiger partial charge >= 0.3 is 0 Å². The topological polar surface area (TPSA) is 15.8 Å². The van der Waals surface area contributed by atoms with Gasteiger partial charge in [0.2, 0.25) is 0 Å². The van der Waals surface area contributed by atoms with Crippen LogP contribution >= 0.6 is 0 Å². The number of H-pyrrole nitrogens is 1. The monoisotopic (exact) mass is 225 g/mol. The number of allylic oxidation sites excluding steroid dienone is 1. The van der Waals surface area contributed by atoms with Crippen molar-refractivity contribution in [2.75, 3.05) is 0 Å². The molecule has 0 amide bonds. The maximum absolute atomic E-state index is 3.29. The summed E-state index contributed by atoms with van der Waals surface area (Å²) in [6.45, 7) is 6.54. The molecule has 1 heterocycles. The Morgan fingerprint density at radius 3 is 2.59 bits per heavy atom. The first-order valence-corrected chi connectivity index (χ1v) is 6.09. The van der Waals surface area contributed by atoms with Crippen LogP contribution in [0.25, 0.3) is 5.57 Å². The number of aromatic amines is 1. The molecule has 1 aromatic heterocycles. The second-order valence-corrected chi connectivity index (χ2v) is 4.78. The van der Waals surface area contributed by atoms with E-state index in [2.05, 4.69) is 62.2 Å². The van der Waals surface area contributed by atoms with Crippen molar-refractivity contribution in [2.45, 2.75) is 20.8 Å². The zero-order valence-electron chi connectivity index (χ0n) is 10.7. The highest BCUT2D eigenvalue weighted by Gasteiger charge is 2.06. The normalized spacial score (nSPS) is 12.1. The number of aryl methyl sites for hydroxylation is 1. The summed E-state index contributed by atoms with van der Waals surface area (Å²) < 4.78 is 0. The van der Waals surface area contributed by atoms with Crippen LogP contribution in [-0.4, -0.2) is 4.98 Å². The van der Waals surface area contributed by atoms with Gasteiger partial charge in [-0.15, -0.1) is 0 Å². The summed E-state index contributed by atoms with van der Waals surface area (Å²) in [6, 6.07) is 12.8. The van der Waals surface area contributed by atoms with Gasteiger partial charge in [0.1, 0.15) is 0 Å². The van der Waals surface area contributed by atoms with Crippen molar-refractivity contribution in [2.24, 2.45) is 5.92 Å². The summed E-state index contributed by atoms with van der Waals surface area (Å²) in [6.07, 6.45) is 4.28. The Balaban J connectivity index is 2.48. The third kappa shape index (κ3) is 2.88. The minimum atomic E-state index is 0.536. The lowest BCUT2D eigenvalue weighted by Crippen LogP contribution is -1.92. The third-order valence-corrected chi connectivity index (χ3v) is 2.72. The van der Waals surface area contributed by atoms with Crippen molar-refractivity contribution < 1.29 is 0 Å². The number of hydrogen-bond donors (Lipinski definition) is 1. The number of nitrogens with one attached hydrogen (secondary N) is 1. The van der Waals surface area contributed by atoms with Gasteiger partial charge in [0.05, 0.1) is 0 Å². The standard InChI is InChI=1S/C16H19N/c1-12(2)10-15(16-8-5-9-17-16)14-7-4-6-13(3)11-14/h4-12,17H,1-3H3. The minimum Gasteiger partial charge on any atom is -0.361 e. The van der Waals surface area contributed by atoms with Gasteiger partial charge in [0.15, 0.2) is 0 Å². The molecule has 0 aliphatic carbocycles. The van der Waals surface area contributed by atoms with Crippen LogP contribution in [0.3, 0.4) is 0 Å². The first-order chi connectivity index (χ1) is 8.16. The Bertz CT molecular complexity index is 504. The fourth-order valence-electron chi connectivity index (χ4n) is 1.99. The van der Waals surface area contributed by atoms with Crippen molar-refractivity contribution in [1.29, 1.82) is 0 Å². The summed E-state index contributed by atoms with van der Waals surface area (Å²) in [5.74, 6) is 0.536. The average molecular weight is 225 g/mol. The van der Waals surface area contributed by atoms with Crippen molar-refractivity contribution >= 4 is 5.57 Å². The van der Waals surface area contributed by atoms with Crippen LogP contribution in [-0.2, 0) is 0 Å². The van der Waals surface area contributed by atoms with E-state index in [-0.39, 0.29) is 0 Å². The highest BCUT2D eigenvalue weighted by Crippen LogP contribution is 2.24. The third-order valence-electron chi connectivity index (χ3n) is 2.72. The van der Waals surface area contributed by atoms with Crippen molar-refractivity contribution in [3.63, 3.8) is 0 Å². The highest BCUT2D eigenvalue weighted by molar-refractivity contribution is 5.78. The first-order valence-electron chi connectivity index (χ1n) is 6.09. The lowest BCUT2D eigenvalue weighted by Gasteiger charge is -2.09. The van der Waals surface area contributed by atoms with Crippen LogP contribution in [0, 0.1) is 12.8 Å². The lowest BCUT2D eigenvalue weighted by molar-refractivity contribution is 0.833. The van der Waals surface area contributed by atoms with Crippen LogP contribution in [0.1, 0.15) is 30.7 Å². The molecule has 0 radical (unpaired) electrons. The molecule has 88 valence electrons. The van der Waals surface area contributed by atoms with E-state index < -0.39 is 0 Å². The zero-order valence-corrected chi connectivity index (χ0v) is 10.7. The van der Waals surface area contributed by atoms with E-state index >= 15 is 0 Å². The second kappa shape index (κ2) is 5.05. The summed E-state index contributed by atoms with van der Waals surface area (Å²) in [4.78, 5) is 3.29. The summed E-state index contributed by atoms with van der Waals surface area (Å²) in [5, 5.41) is 0. The van der Waals surface area contributed by atoms with Crippen LogP contribution in [0.4, 0.5) is 0 Å². The van der Waals surface area contributed by atoms with Crippen molar-refractivity contribution in [3.05, 3.63) is 65.5 Å². The van der Waals surface area contributed by atoms with E-state index in [0.29, 0.717) is 5.92 Å².